The van der Waals surface area contributed by atoms with Gasteiger partial charge in [0.15, 0.2) is 5.65 Å². The normalized spacial score (nSPS) is 17.4. The lowest BCUT2D eigenvalue weighted by Crippen LogP contribution is -2.58. The Balaban J connectivity index is 1.83. The van der Waals surface area contributed by atoms with Crippen molar-refractivity contribution in [1.29, 1.82) is 0 Å². The summed E-state index contributed by atoms with van der Waals surface area (Å²) in [6, 6.07) is 8.39. The Labute approximate surface area is 237 Å². The first-order valence-corrected chi connectivity index (χ1v) is 13.6. The van der Waals surface area contributed by atoms with Crippen molar-refractivity contribution >= 4 is 22.8 Å². The maximum absolute atomic E-state index is 15.8. The van der Waals surface area contributed by atoms with Crippen molar-refractivity contribution < 1.29 is 13.6 Å². The molecule has 2 unspecified atom stereocenters. The van der Waals surface area contributed by atoms with Crippen LogP contribution >= 0.6 is 0 Å². The fourth-order valence-corrected chi connectivity index (χ4v) is 5.50. The van der Waals surface area contributed by atoms with Crippen LogP contribution < -0.4 is 10.6 Å². The molecule has 4 aromatic rings. The molecule has 0 spiro atoms. The molecule has 4 heterocycles. The molecule has 3 aromatic heterocycles. The maximum atomic E-state index is 15.8. The van der Waals surface area contributed by atoms with Crippen molar-refractivity contribution in [2.75, 3.05) is 18.0 Å². The minimum absolute atomic E-state index is 0.0187. The first-order valence-electron chi connectivity index (χ1n) is 13.6. The number of rotatable bonds is 5. The van der Waals surface area contributed by atoms with Crippen molar-refractivity contribution in [3.8, 4) is 16.9 Å². The lowest BCUT2D eigenvalue weighted by Gasteiger charge is -2.44. The van der Waals surface area contributed by atoms with E-state index in [-0.39, 0.29) is 46.6 Å². The number of carbonyl (C=O) groups is 1. The molecule has 8 nitrogen and oxygen atoms in total. The molecule has 0 saturated carbocycles. The van der Waals surface area contributed by atoms with Crippen LogP contribution in [0, 0.1) is 18.6 Å². The van der Waals surface area contributed by atoms with Crippen LogP contribution in [0.25, 0.3) is 28.0 Å². The van der Waals surface area contributed by atoms with E-state index < -0.39 is 17.3 Å². The number of benzene rings is 1. The van der Waals surface area contributed by atoms with Crippen molar-refractivity contribution in [2.24, 2.45) is 0 Å². The van der Waals surface area contributed by atoms with Crippen LogP contribution in [0.3, 0.4) is 0 Å². The molecule has 41 heavy (non-hydrogen) atoms. The van der Waals surface area contributed by atoms with E-state index in [1.165, 1.54) is 34.9 Å². The lowest BCUT2D eigenvalue weighted by molar-refractivity contribution is -0.128. The third-order valence-electron chi connectivity index (χ3n) is 7.57. The van der Waals surface area contributed by atoms with Gasteiger partial charge in [0.2, 0.25) is 5.91 Å². The van der Waals surface area contributed by atoms with Gasteiger partial charge in [0.05, 0.1) is 16.8 Å². The number of aryl methyl sites for hydroxylation is 1. The van der Waals surface area contributed by atoms with E-state index in [1.54, 1.807) is 23.2 Å². The molecule has 212 valence electrons. The van der Waals surface area contributed by atoms with Crippen molar-refractivity contribution in [3.63, 3.8) is 0 Å². The van der Waals surface area contributed by atoms with Gasteiger partial charge in [-0.15, -0.1) is 0 Å². The average Bonchev–Trinajstić information content (AvgIpc) is 2.94. The number of carbonyl (C=O) groups excluding carboxylic acids is 1. The highest BCUT2D eigenvalue weighted by molar-refractivity contribution is 5.91. The van der Waals surface area contributed by atoms with Gasteiger partial charge in [-0.05, 0) is 62.6 Å². The van der Waals surface area contributed by atoms with Crippen molar-refractivity contribution in [1.82, 2.24) is 24.4 Å². The predicted molar refractivity (Wildman–Crippen MR) is 155 cm³/mol. The first kappa shape index (κ1) is 28.1. The van der Waals surface area contributed by atoms with Gasteiger partial charge >= 0.3 is 5.69 Å². The SMILES string of the molecule is C=CC(=O)N1CC(C)N(c2nc(=O)n(-c3c(C)ccnc3C(C)C)c3nc(-c4ccccc4F)c(F)cc23)CC1C. The molecule has 10 heteroatoms. The van der Waals surface area contributed by atoms with Crippen LogP contribution in [0.15, 0.2) is 60.0 Å². The summed E-state index contributed by atoms with van der Waals surface area (Å²) in [6.45, 7) is 13.9. The summed E-state index contributed by atoms with van der Waals surface area (Å²) in [7, 11) is 0. The van der Waals surface area contributed by atoms with Gasteiger partial charge in [-0.2, -0.15) is 4.98 Å². The molecule has 1 aliphatic heterocycles. The molecule has 0 radical (unpaired) electrons. The second-order valence-electron chi connectivity index (χ2n) is 10.8. The van der Waals surface area contributed by atoms with E-state index in [0.717, 1.165) is 5.56 Å². The molecule has 0 aliphatic carbocycles. The Morgan fingerprint density at radius 2 is 1.80 bits per heavy atom. The molecular formula is C31H32F2N6O2. The van der Waals surface area contributed by atoms with Crippen LogP contribution in [0.2, 0.25) is 0 Å². The predicted octanol–water partition coefficient (Wildman–Crippen LogP) is 5.16. The first-order chi connectivity index (χ1) is 19.5. The van der Waals surface area contributed by atoms with E-state index in [2.05, 4.69) is 21.5 Å². The van der Waals surface area contributed by atoms with E-state index >= 15 is 4.39 Å². The number of hydrogen-bond acceptors (Lipinski definition) is 6. The van der Waals surface area contributed by atoms with E-state index in [0.29, 0.717) is 29.9 Å². The summed E-state index contributed by atoms with van der Waals surface area (Å²) in [5.41, 5.74) is 1.22. The third-order valence-corrected chi connectivity index (χ3v) is 7.57. The van der Waals surface area contributed by atoms with Gasteiger partial charge < -0.3 is 9.80 Å². The molecule has 0 bridgehead atoms. The number of pyridine rings is 2. The highest BCUT2D eigenvalue weighted by atomic mass is 19.1. The summed E-state index contributed by atoms with van der Waals surface area (Å²) < 4.78 is 32.0. The second-order valence-corrected chi connectivity index (χ2v) is 10.8. The molecule has 1 saturated heterocycles. The van der Waals surface area contributed by atoms with E-state index in [4.69, 9.17) is 0 Å². The van der Waals surface area contributed by atoms with Crippen molar-refractivity contribution in [2.45, 2.75) is 52.6 Å². The Kier molecular flexibility index (Phi) is 7.42. The number of hydrogen-bond donors (Lipinski definition) is 0. The highest BCUT2D eigenvalue weighted by Gasteiger charge is 2.34. The fraction of sp³-hybridized carbons (Fsp3) is 0.323. The summed E-state index contributed by atoms with van der Waals surface area (Å²) in [5.74, 6) is -1.36. The molecule has 1 amide bonds. The number of anilines is 1. The molecule has 1 fully saturated rings. The Morgan fingerprint density at radius 1 is 1.07 bits per heavy atom. The van der Waals surface area contributed by atoms with Crippen molar-refractivity contribution in [3.05, 3.63) is 88.6 Å². The Hall–Kier alpha value is -4.47. The van der Waals surface area contributed by atoms with Crippen LogP contribution in [0.1, 0.15) is 44.9 Å². The highest BCUT2D eigenvalue weighted by Crippen LogP contribution is 2.34. The summed E-state index contributed by atoms with van der Waals surface area (Å²) in [5, 5.41) is 0.294. The zero-order chi connectivity index (χ0) is 29.6. The standard InChI is InChI=1S/C31H32F2N6O2/c1-7-25(40)37-15-20(6)38(16-19(37)5)29-22-14-24(33)27(21-10-8-9-11-23(21)32)35-30(22)39(31(41)36-29)28-18(4)12-13-34-26(28)17(2)3/h7-14,17,19-20H,1,15-16H2,2-6H3. The summed E-state index contributed by atoms with van der Waals surface area (Å²) in [6.07, 6.45) is 2.95. The number of piperazine rings is 1. The molecule has 2 atom stereocenters. The minimum Gasteiger partial charge on any atom is -0.349 e. The largest absolute Gasteiger partial charge is 0.355 e. The number of aromatic nitrogens is 4. The number of fused-ring (bicyclic) bond motifs is 1. The quantitative estimate of drug-likeness (QED) is 0.315. The molecule has 0 N–H and O–H groups in total. The molecular weight excluding hydrogens is 526 g/mol. The van der Waals surface area contributed by atoms with Gasteiger partial charge in [-0.3, -0.25) is 9.78 Å². The van der Waals surface area contributed by atoms with Crippen LogP contribution in [-0.4, -0.2) is 55.5 Å². The number of nitrogens with zero attached hydrogens (tertiary/aromatic N) is 6. The smallest absolute Gasteiger partial charge is 0.349 e. The van der Waals surface area contributed by atoms with E-state index in [9.17, 15) is 14.0 Å². The molecule has 5 rings (SSSR count). The molecule has 1 aliphatic rings. The van der Waals surface area contributed by atoms with Gasteiger partial charge in [0.25, 0.3) is 0 Å². The lowest BCUT2D eigenvalue weighted by atomic mass is 10.0. The topological polar surface area (TPSA) is 84.2 Å². The zero-order valence-corrected chi connectivity index (χ0v) is 23.7. The minimum atomic E-state index is -0.746. The Bertz CT molecular complexity index is 1730. The molecule has 1 aromatic carbocycles. The zero-order valence-electron chi connectivity index (χ0n) is 23.7. The number of halogens is 2. The fourth-order valence-electron chi connectivity index (χ4n) is 5.50. The Morgan fingerprint density at radius 3 is 2.49 bits per heavy atom. The van der Waals surface area contributed by atoms with Gasteiger partial charge in [-0.1, -0.05) is 32.6 Å². The summed E-state index contributed by atoms with van der Waals surface area (Å²) >= 11 is 0. The summed E-state index contributed by atoms with van der Waals surface area (Å²) in [4.78, 5) is 43.6. The number of amides is 1. The van der Waals surface area contributed by atoms with Crippen LogP contribution in [0.5, 0.6) is 0 Å². The maximum Gasteiger partial charge on any atom is 0.355 e. The second kappa shape index (κ2) is 10.8. The van der Waals surface area contributed by atoms with Crippen LogP contribution in [-0.2, 0) is 4.79 Å². The van der Waals surface area contributed by atoms with Gasteiger partial charge in [0, 0.05) is 36.9 Å². The van der Waals surface area contributed by atoms with Gasteiger partial charge in [-0.25, -0.2) is 23.1 Å². The monoisotopic (exact) mass is 558 g/mol. The van der Waals surface area contributed by atoms with Crippen LogP contribution in [0.4, 0.5) is 14.6 Å². The van der Waals surface area contributed by atoms with Gasteiger partial charge in [0.1, 0.15) is 23.1 Å². The third kappa shape index (κ3) is 4.87. The average molecular weight is 559 g/mol. The van der Waals surface area contributed by atoms with E-state index in [1.807, 2.05) is 39.5 Å².